The summed E-state index contributed by atoms with van der Waals surface area (Å²) >= 11 is 1.41. The van der Waals surface area contributed by atoms with Crippen molar-refractivity contribution in [3.05, 3.63) is 76.2 Å². The molecular formula is C20H20N2OS. The van der Waals surface area contributed by atoms with E-state index >= 15 is 0 Å². The number of hydrogen-bond donors (Lipinski definition) is 2. The predicted molar refractivity (Wildman–Crippen MR) is 101 cm³/mol. The van der Waals surface area contributed by atoms with Crippen LogP contribution in [0.5, 0.6) is 0 Å². The van der Waals surface area contributed by atoms with E-state index in [2.05, 4.69) is 37.4 Å². The number of nitrogen functional groups attached to an aromatic ring is 1. The quantitative estimate of drug-likeness (QED) is 0.734. The Balaban J connectivity index is 1.88. The van der Waals surface area contributed by atoms with Crippen LogP contribution in [0.4, 0.5) is 5.00 Å². The summed E-state index contributed by atoms with van der Waals surface area (Å²) in [5, 5.41) is 5.49. The van der Waals surface area contributed by atoms with Gasteiger partial charge in [-0.15, -0.1) is 11.3 Å². The van der Waals surface area contributed by atoms with Crippen molar-refractivity contribution < 1.29 is 4.79 Å². The van der Waals surface area contributed by atoms with Crippen LogP contribution in [-0.2, 0) is 6.54 Å². The van der Waals surface area contributed by atoms with E-state index in [-0.39, 0.29) is 5.91 Å². The lowest BCUT2D eigenvalue weighted by atomic mass is 9.97. The molecule has 3 nitrogen and oxygen atoms in total. The molecule has 0 spiro atoms. The number of amides is 1. The zero-order valence-corrected chi connectivity index (χ0v) is 14.6. The summed E-state index contributed by atoms with van der Waals surface area (Å²) in [7, 11) is 0. The van der Waals surface area contributed by atoms with Gasteiger partial charge in [0, 0.05) is 17.5 Å². The van der Waals surface area contributed by atoms with Crippen LogP contribution in [0, 0.1) is 13.8 Å². The summed E-state index contributed by atoms with van der Waals surface area (Å²) in [6.45, 7) is 4.61. The maximum absolute atomic E-state index is 12.7. The van der Waals surface area contributed by atoms with E-state index in [0.29, 0.717) is 17.1 Å². The van der Waals surface area contributed by atoms with E-state index in [0.717, 1.165) is 22.3 Å². The molecule has 0 saturated carbocycles. The Morgan fingerprint density at radius 2 is 1.83 bits per heavy atom. The molecule has 0 aliphatic carbocycles. The molecule has 0 radical (unpaired) electrons. The number of thiophene rings is 1. The SMILES string of the molecule is Cc1ccc(-c2csc(N)c2C(=O)NCc2ccccc2)c(C)c1. The second-order valence-electron chi connectivity index (χ2n) is 5.88. The fraction of sp³-hybridized carbons (Fsp3) is 0.150. The molecule has 3 rings (SSSR count). The predicted octanol–water partition coefficient (Wildman–Crippen LogP) is 4.54. The molecule has 0 aliphatic heterocycles. The maximum atomic E-state index is 12.7. The topological polar surface area (TPSA) is 55.1 Å². The van der Waals surface area contributed by atoms with Crippen LogP contribution >= 0.6 is 11.3 Å². The molecule has 1 heterocycles. The minimum absolute atomic E-state index is 0.132. The van der Waals surface area contributed by atoms with Crippen molar-refractivity contribution >= 4 is 22.2 Å². The van der Waals surface area contributed by atoms with E-state index in [1.807, 2.05) is 35.7 Å². The van der Waals surface area contributed by atoms with Crippen molar-refractivity contribution in [2.75, 3.05) is 5.73 Å². The third-order valence-corrected chi connectivity index (χ3v) is 4.83. The summed E-state index contributed by atoms with van der Waals surface area (Å²) < 4.78 is 0. The summed E-state index contributed by atoms with van der Waals surface area (Å²) in [5.41, 5.74) is 12.0. The molecule has 0 saturated heterocycles. The molecule has 24 heavy (non-hydrogen) atoms. The molecule has 4 heteroatoms. The van der Waals surface area contributed by atoms with Gasteiger partial charge < -0.3 is 11.1 Å². The first-order valence-electron chi connectivity index (χ1n) is 7.83. The molecular weight excluding hydrogens is 316 g/mol. The molecule has 2 aromatic carbocycles. The molecule has 0 aliphatic rings. The van der Waals surface area contributed by atoms with Crippen molar-refractivity contribution in [1.29, 1.82) is 0 Å². The molecule has 3 aromatic rings. The fourth-order valence-corrected chi connectivity index (χ4v) is 3.60. The van der Waals surface area contributed by atoms with Gasteiger partial charge in [-0.3, -0.25) is 4.79 Å². The molecule has 0 atom stereocenters. The number of hydrogen-bond acceptors (Lipinski definition) is 3. The molecule has 3 N–H and O–H groups in total. The van der Waals surface area contributed by atoms with E-state index in [1.165, 1.54) is 16.9 Å². The Morgan fingerprint density at radius 3 is 2.54 bits per heavy atom. The highest BCUT2D eigenvalue weighted by molar-refractivity contribution is 7.15. The highest BCUT2D eigenvalue weighted by Gasteiger charge is 2.19. The first-order chi connectivity index (χ1) is 11.6. The van der Waals surface area contributed by atoms with Gasteiger partial charge in [-0.1, -0.05) is 54.1 Å². The minimum atomic E-state index is -0.132. The van der Waals surface area contributed by atoms with Crippen LogP contribution in [0.15, 0.2) is 53.9 Å². The van der Waals surface area contributed by atoms with Crippen LogP contribution in [0.3, 0.4) is 0 Å². The van der Waals surface area contributed by atoms with Crippen LogP contribution in [-0.4, -0.2) is 5.91 Å². The van der Waals surface area contributed by atoms with Gasteiger partial charge in [-0.05, 0) is 30.5 Å². The van der Waals surface area contributed by atoms with E-state index < -0.39 is 0 Å². The summed E-state index contributed by atoms with van der Waals surface area (Å²) in [6.07, 6.45) is 0. The Morgan fingerprint density at radius 1 is 1.08 bits per heavy atom. The summed E-state index contributed by atoms with van der Waals surface area (Å²) in [6, 6.07) is 16.1. The Kier molecular flexibility index (Phi) is 4.67. The standard InChI is InChI=1S/C20H20N2OS/c1-13-8-9-16(14(2)10-13)17-12-24-19(21)18(17)20(23)22-11-15-6-4-3-5-7-15/h3-10,12H,11,21H2,1-2H3,(H,22,23). The molecule has 0 fully saturated rings. The second kappa shape index (κ2) is 6.89. The van der Waals surface area contributed by atoms with Gasteiger partial charge in [0.2, 0.25) is 0 Å². The monoisotopic (exact) mass is 336 g/mol. The first kappa shape index (κ1) is 16.3. The minimum Gasteiger partial charge on any atom is -0.390 e. The lowest BCUT2D eigenvalue weighted by Crippen LogP contribution is -2.23. The van der Waals surface area contributed by atoms with E-state index in [9.17, 15) is 4.79 Å². The second-order valence-corrected chi connectivity index (χ2v) is 6.79. The van der Waals surface area contributed by atoms with Crippen molar-refractivity contribution in [1.82, 2.24) is 5.32 Å². The van der Waals surface area contributed by atoms with Crippen molar-refractivity contribution in [2.45, 2.75) is 20.4 Å². The number of anilines is 1. The number of nitrogens with one attached hydrogen (secondary N) is 1. The van der Waals surface area contributed by atoms with E-state index in [4.69, 9.17) is 5.73 Å². The summed E-state index contributed by atoms with van der Waals surface area (Å²) in [4.78, 5) is 12.7. The normalized spacial score (nSPS) is 10.6. The lowest BCUT2D eigenvalue weighted by Gasteiger charge is -2.10. The Bertz CT molecular complexity index is 869. The summed E-state index contributed by atoms with van der Waals surface area (Å²) in [5.74, 6) is -0.132. The highest BCUT2D eigenvalue weighted by Crippen LogP contribution is 2.35. The third-order valence-electron chi connectivity index (χ3n) is 4.01. The Labute approximate surface area is 146 Å². The van der Waals surface area contributed by atoms with E-state index in [1.54, 1.807) is 0 Å². The first-order valence-corrected chi connectivity index (χ1v) is 8.71. The van der Waals surface area contributed by atoms with Gasteiger partial charge >= 0.3 is 0 Å². The lowest BCUT2D eigenvalue weighted by molar-refractivity contribution is 0.0953. The number of aryl methyl sites for hydroxylation is 2. The van der Waals surface area contributed by atoms with Gasteiger partial charge in [0.15, 0.2) is 0 Å². The molecule has 1 aromatic heterocycles. The van der Waals surface area contributed by atoms with Gasteiger partial charge in [-0.25, -0.2) is 0 Å². The number of carbonyl (C=O) groups excluding carboxylic acids is 1. The largest absolute Gasteiger partial charge is 0.390 e. The van der Waals surface area contributed by atoms with Gasteiger partial charge in [0.05, 0.1) is 10.6 Å². The van der Waals surface area contributed by atoms with Crippen LogP contribution in [0.1, 0.15) is 27.0 Å². The van der Waals surface area contributed by atoms with Crippen molar-refractivity contribution in [3.8, 4) is 11.1 Å². The zero-order chi connectivity index (χ0) is 17.1. The highest BCUT2D eigenvalue weighted by atomic mass is 32.1. The van der Waals surface area contributed by atoms with Gasteiger partial charge in [-0.2, -0.15) is 0 Å². The maximum Gasteiger partial charge on any atom is 0.255 e. The number of benzene rings is 2. The van der Waals surface area contributed by atoms with Crippen molar-refractivity contribution in [3.63, 3.8) is 0 Å². The van der Waals surface area contributed by atoms with Crippen LogP contribution in [0.25, 0.3) is 11.1 Å². The van der Waals surface area contributed by atoms with Gasteiger partial charge in [0.25, 0.3) is 5.91 Å². The van der Waals surface area contributed by atoms with Gasteiger partial charge in [0.1, 0.15) is 0 Å². The van der Waals surface area contributed by atoms with Crippen molar-refractivity contribution in [2.24, 2.45) is 0 Å². The average Bonchev–Trinajstić information content (AvgIpc) is 2.95. The molecule has 1 amide bonds. The molecule has 0 bridgehead atoms. The number of rotatable bonds is 4. The average molecular weight is 336 g/mol. The Hall–Kier alpha value is -2.59. The number of nitrogens with two attached hydrogens (primary N) is 1. The molecule has 122 valence electrons. The zero-order valence-electron chi connectivity index (χ0n) is 13.8. The smallest absolute Gasteiger partial charge is 0.255 e. The third kappa shape index (κ3) is 3.34. The van der Waals surface area contributed by atoms with Crippen LogP contribution < -0.4 is 11.1 Å². The molecule has 0 unspecified atom stereocenters. The number of carbonyl (C=O) groups is 1. The van der Waals surface area contributed by atoms with Crippen LogP contribution in [0.2, 0.25) is 0 Å². The fourth-order valence-electron chi connectivity index (χ4n) is 2.79.